The molecule has 0 saturated carbocycles. The number of benzene rings is 1. The third kappa shape index (κ3) is 2.52. The van der Waals surface area contributed by atoms with E-state index in [0.717, 1.165) is 35.5 Å². The highest BCUT2D eigenvalue weighted by Gasteiger charge is 2.16. The molecular formula is C14H17ClN6. The summed E-state index contributed by atoms with van der Waals surface area (Å²) in [5.41, 5.74) is 8.10. The number of nitrogens with two attached hydrogens (primary N) is 1. The summed E-state index contributed by atoms with van der Waals surface area (Å²) in [7, 11) is 0. The van der Waals surface area contributed by atoms with Gasteiger partial charge >= 0.3 is 0 Å². The number of aryl methyl sites for hydroxylation is 1. The highest BCUT2D eigenvalue weighted by Crippen LogP contribution is 2.28. The van der Waals surface area contributed by atoms with Crippen LogP contribution in [0.3, 0.4) is 0 Å². The molecule has 0 spiro atoms. The lowest BCUT2D eigenvalue weighted by atomic mass is 10.3. The molecule has 0 bridgehead atoms. The number of aromatic nitrogens is 5. The van der Waals surface area contributed by atoms with Gasteiger partial charge in [-0.2, -0.15) is 0 Å². The van der Waals surface area contributed by atoms with E-state index in [1.807, 2.05) is 24.4 Å². The van der Waals surface area contributed by atoms with Crippen LogP contribution in [0.2, 0.25) is 5.02 Å². The van der Waals surface area contributed by atoms with Gasteiger partial charge in [0.25, 0.3) is 0 Å². The van der Waals surface area contributed by atoms with Crippen molar-refractivity contribution >= 4 is 22.6 Å². The van der Waals surface area contributed by atoms with Gasteiger partial charge in [-0.15, -0.1) is 5.10 Å². The molecule has 110 valence electrons. The Morgan fingerprint density at radius 2 is 2.14 bits per heavy atom. The summed E-state index contributed by atoms with van der Waals surface area (Å²) in [6.07, 6.45) is 2.86. The smallest absolute Gasteiger partial charge is 0.163 e. The Hall–Kier alpha value is -1.92. The maximum atomic E-state index is 6.34. The predicted octanol–water partition coefficient (Wildman–Crippen LogP) is 2.32. The standard InChI is InChI=1S/C14H17ClN6/c1-2-7-21-13-10(15)4-3-5-11(13)17-14(21)12-9-20(8-6-16)19-18-12/h3-5,9H,2,6-8,16H2,1H3. The Balaban J connectivity index is 2.16. The SMILES string of the molecule is CCCn1c(-c2cn(CCN)nn2)nc2cccc(Cl)c21. The van der Waals surface area contributed by atoms with Crippen LogP contribution in [-0.2, 0) is 13.1 Å². The van der Waals surface area contributed by atoms with Crippen LogP contribution in [-0.4, -0.2) is 31.1 Å². The molecule has 3 aromatic rings. The fourth-order valence-electron chi connectivity index (χ4n) is 2.42. The van der Waals surface area contributed by atoms with Gasteiger partial charge < -0.3 is 10.3 Å². The van der Waals surface area contributed by atoms with Crippen LogP contribution in [0.15, 0.2) is 24.4 Å². The van der Waals surface area contributed by atoms with Gasteiger partial charge in [-0.3, -0.25) is 4.68 Å². The van der Waals surface area contributed by atoms with Crippen LogP contribution in [0.1, 0.15) is 13.3 Å². The first kappa shape index (κ1) is 14.0. The number of halogens is 1. The molecule has 2 heterocycles. The molecule has 0 saturated heterocycles. The zero-order valence-electron chi connectivity index (χ0n) is 11.8. The Morgan fingerprint density at radius 1 is 1.29 bits per heavy atom. The lowest BCUT2D eigenvalue weighted by Crippen LogP contribution is -2.10. The normalized spacial score (nSPS) is 11.4. The Morgan fingerprint density at radius 3 is 2.90 bits per heavy atom. The lowest BCUT2D eigenvalue weighted by Gasteiger charge is -2.06. The molecule has 21 heavy (non-hydrogen) atoms. The number of rotatable bonds is 5. The monoisotopic (exact) mass is 304 g/mol. The average Bonchev–Trinajstić information content (AvgIpc) is 3.05. The summed E-state index contributed by atoms with van der Waals surface area (Å²) in [4.78, 5) is 4.67. The zero-order chi connectivity index (χ0) is 14.8. The Bertz CT molecular complexity index is 760. The molecule has 6 nitrogen and oxygen atoms in total. The van der Waals surface area contributed by atoms with Gasteiger partial charge in [-0.1, -0.05) is 29.8 Å². The molecule has 0 aliphatic rings. The third-order valence-corrected chi connectivity index (χ3v) is 3.60. The lowest BCUT2D eigenvalue weighted by molar-refractivity contribution is 0.598. The van der Waals surface area contributed by atoms with Crippen molar-refractivity contribution in [3.63, 3.8) is 0 Å². The highest BCUT2D eigenvalue weighted by atomic mass is 35.5. The first-order valence-corrected chi connectivity index (χ1v) is 7.37. The summed E-state index contributed by atoms with van der Waals surface area (Å²) in [6.45, 7) is 4.12. The second-order valence-electron chi connectivity index (χ2n) is 4.85. The van der Waals surface area contributed by atoms with Gasteiger partial charge in [-0.05, 0) is 18.6 Å². The fourth-order valence-corrected chi connectivity index (χ4v) is 2.69. The van der Waals surface area contributed by atoms with Gasteiger partial charge in [0.1, 0.15) is 5.69 Å². The molecule has 2 aromatic heterocycles. The van der Waals surface area contributed by atoms with E-state index in [1.165, 1.54) is 0 Å². The first-order chi connectivity index (χ1) is 10.2. The van der Waals surface area contributed by atoms with Crippen molar-refractivity contribution in [2.75, 3.05) is 6.54 Å². The number of hydrogen-bond donors (Lipinski definition) is 1. The summed E-state index contributed by atoms with van der Waals surface area (Å²) < 4.78 is 3.83. The molecule has 3 rings (SSSR count). The summed E-state index contributed by atoms with van der Waals surface area (Å²) in [5, 5.41) is 8.98. The van der Waals surface area contributed by atoms with E-state index in [4.69, 9.17) is 17.3 Å². The highest BCUT2D eigenvalue weighted by molar-refractivity contribution is 6.35. The van der Waals surface area contributed by atoms with E-state index in [0.29, 0.717) is 18.1 Å². The van der Waals surface area contributed by atoms with E-state index < -0.39 is 0 Å². The van der Waals surface area contributed by atoms with Gasteiger partial charge in [0.2, 0.25) is 0 Å². The second-order valence-corrected chi connectivity index (χ2v) is 5.26. The van der Waals surface area contributed by atoms with Crippen molar-refractivity contribution in [1.29, 1.82) is 0 Å². The maximum absolute atomic E-state index is 6.34. The number of para-hydroxylation sites is 1. The number of nitrogens with zero attached hydrogens (tertiary/aromatic N) is 5. The van der Waals surface area contributed by atoms with Crippen LogP contribution in [0.25, 0.3) is 22.6 Å². The van der Waals surface area contributed by atoms with Crippen LogP contribution >= 0.6 is 11.6 Å². The summed E-state index contributed by atoms with van der Waals surface area (Å²) >= 11 is 6.34. The van der Waals surface area contributed by atoms with E-state index in [-0.39, 0.29) is 0 Å². The van der Waals surface area contributed by atoms with Crippen molar-refractivity contribution in [2.45, 2.75) is 26.4 Å². The Labute approximate surface area is 127 Å². The van der Waals surface area contributed by atoms with Crippen molar-refractivity contribution < 1.29 is 0 Å². The number of hydrogen-bond acceptors (Lipinski definition) is 4. The van der Waals surface area contributed by atoms with E-state index in [2.05, 4.69) is 26.8 Å². The minimum Gasteiger partial charge on any atom is -0.329 e. The molecule has 0 aliphatic heterocycles. The topological polar surface area (TPSA) is 74.5 Å². The molecule has 0 amide bonds. The van der Waals surface area contributed by atoms with Crippen molar-refractivity contribution in [3.8, 4) is 11.5 Å². The molecular weight excluding hydrogens is 288 g/mol. The van der Waals surface area contributed by atoms with Crippen molar-refractivity contribution in [3.05, 3.63) is 29.4 Å². The van der Waals surface area contributed by atoms with Gasteiger partial charge in [0.15, 0.2) is 5.82 Å². The average molecular weight is 305 g/mol. The molecule has 7 heteroatoms. The van der Waals surface area contributed by atoms with E-state index >= 15 is 0 Å². The molecule has 0 atom stereocenters. The molecule has 2 N–H and O–H groups in total. The van der Waals surface area contributed by atoms with Gasteiger partial charge in [-0.25, -0.2) is 4.98 Å². The molecule has 1 aromatic carbocycles. The van der Waals surface area contributed by atoms with E-state index in [9.17, 15) is 0 Å². The van der Waals surface area contributed by atoms with Crippen LogP contribution < -0.4 is 5.73 Å². The van der Waals surface area contributed by atoms with Gasteiger partial charge in [0.05, 0.1) is 28.8 Å². The first-order valence-electron chi connectivity index (χ1n) is 7.00. The second kappa shape index (κ2) is 5.83. The van der Waals surface area contributed by atoms with Crippen molar-refractivity contribution in [1.82, 2.24) is 24.5 Å². The number of fused-ring (bicyclic) bond motifs is 1. The van der Waals surface area contributed by atoms with E-state index in [1.54, 1.807) is 4.68 Å². The molecule has 0 radical (unpaired) electrons. The van der Waals surface area contributed by atoms with Crippen molar-refractivity contribution in [2.24, 2.45) is 5.73 Å². The maximum Gasteiger partial charge on any atom is 0.163 e. The van der Waals surface area contributed by atoms with Crippen LogP contribution in [0.5, 0.6) is 0 Å². The minimum atomic E-state index is 0.528. The third-order valence-electron chi connectivity index (χ3n) is 3.29. The Kier molecular flexibility index (Phi) is 3.90. The zero-order valence-corrected chi connectivity index (χ0v) is 12.6. The predicted molar refractivity (Wildman–Crippen MR) is 83.1 cm³/mol. The molecule has 0 unspecified atom stereocenters. The molecule has 0 fully saturated rings. The van der Waals surface area contributed by atoms with Crippen LogP contribution in [0.4, 0.5) is 0 Å². The summed E-state index contributed by atoms with van der Waals surface area (Å²) in [5.74, 6) is 0.795. The van der Waals surface area contributed by atoms with Crippen LogP contribution in [0, 0.1) is 0 Å². The number of imidazole rings is 1. The largest absolute Gasteiger partial charge is 0.329 e. The molecule has 0 aliphatic carbocycles. The fraction of sp³-hybridized carbons (Fsp3) is 0.357. The minimum absolute atomic E-state index is 0.528. The summed E-state index contributed by atoms with van der Waals surface area (Å²) in [6, 6.07) is 5.75. The van der Waals surface area contributed by atoms with Gasteiger partial charge in [0, 0.05) is 13.1 Å². The quantitative estimate of drug-likeness (QED) is 0.785.